The molecule has 1 N–H and O–H groups in total. The van der Waals surface area contributed by atoms with Crippen molar-refractivity contribution in [3.8, 4) is 11.5 Å². The molecular formula is C23H29N3O3. The van der Waals surface area contributed by atoms with E-state index in [1.165, 1.54) is 11.3 Å². The molecule has 0 radical (unpaired) electrons. The average Bonchev–Trinajstić information content (AvgIpc) is 2.74. The van der Waals surface area contributed by atoms with Gasteiger partial charge >= 0.3 is 0 Å². The number of ether oxygens (including phenoxy) is 2. The number of carbonyl (C=O) groups excluding carboxylic acids is 1. The van der Waals surface area contributed by atoms with Crippen LogP contribution in [0.5, 0.6) is 11.5 Å². The van der Waals surface area contributed by atoms with Gasteiger partial charge in [0.1, 0.15) is 13.2 Å². The lowest BCUT2D eigenvalue weighted by Gasteiger charge is -2.36. The van der Waals surface area contributed by atoms with E-state index in [9.17, 15) is 4.79 Å². The number of nitrogens with one attached hydrogen (secondary N) is 1. The predicted molar refractivity (Wildman–Crippen MR) is 115 cm³/mol. The summed E-state index contributed by atoms with van der Waals surface area (Å²) in [6, 6.07) is 11.8. The Bertz CT molecular complexity index is 876. The summed E-state index contributed by atoms with van der Waals surface area (Å²) in [7, 11) is 0. The van der Waals surface area contributed by atoms with Crippen LogP contribution in [-0.2, 0) is 11.2 Å². The Labute approximate surface area is 172 Å². The number of amides is 1. The SMILES string of the molecule is CCN1CCN(c2ccc(NC(=O)Cc3ccc4c(c3)OCCO4)cc2C)CC1. The molecule has 0 spiro atoms. The molecule has 1 saturated heterocycles. The first-order valence-corrected chi connectivity index (χ1v) is 10.4. The van der Waals surface area contributed by atoms with E-state index < -0.39 is 0 Å². The number of likely N-dealkylation sites (N-methyl/N-ethyl adjacent to an activating group) is 1. The molecule has 6 nitrogen and oxygen atoms in total. The van der Waals surface area contributed by atoms with Gasteiger partial charge < -0.3 is 24.6 Å². The summed E-state index contributed by atoms with van der Waals surface area (Å²) < 4.78 is 11.1. The maximum absolute atomic E-state index is 12.5. The van der Waals surface area contributed by atoms with Crippen molar-refractivity contribution in [2.24, 2.45) is 0 Å². The largest absolute Gasteiger partial charge is 0.486 e. The fourth-order valence-corrected chi connectivity index (χ4v) is 3.98. The Morgan fingerprint density at radius 2 is 1.76 bits per heavy atom. The van der Waals surface area contributed by atoms with E-state index in [1.807, 2.05) is 24.3 Å². The highest BCUT2D eigenvalue weighted by molar-refractivity contribution is 5.92. The number of rotatable bonds is 5. The molecule has 0 aliphatic carbocycles. The van der Waals surface area contributed by atoms with Crippen molar-refractivity contribution in [2.45, 2.75) is 20.3 Å². The third-order valence-electron chi connectivity index (χ3n) is 5.61. The zero-order valence-corrected chi connectivity index (χ0v) is 17.2. The molecule has 4 rings (SSSR count). The van der Waals surface area contributed by atoms with Crippen molar-refractivity contribution in [2.75, 3.05) is 56.2 Å². The minimum atomic E-state index is -0.0367. The van der Waals surface area contributed by atoms with Gasteiger partial charge in [0.05, 0.1) is 6.42 Å². The van der Waals surface area contributed by atoms with Crippen LogP contribution in [0.4, 0.5) is 11.4 Å². The first-order valence-electron chi connectivity index (χ1n) is 10.4. The van der Waals surface area contributed by atoms with E-state index in [-0.39, 0.29) is 5.91 Å². The van der Waals surface area contributed by atoms with Gasteiger partial charge in [0.15, 0.2) is 11.5 Å². The average molecular weight is 396 g/mol. The number of fused-ring (bicyclic) bond motifs is 1. The lowest BCUT2D eigenvalue weighted by Crippen LogP contribution is -2.46. The minimum Gasteiger partial charge on any atom is -0.486 e. The summed E-state index contributed by atoms with van der Waals surface area (Å²) in [5.74, 6) is 1.42. The number of hydrogen-bond acceptors (Lipinski definition) is 5. The van der Waals surface area contributed by atoms with Crippen LogP contribution in [0.1, 0.15) is 18.1 Å². The van der Waals surface area contributed by atoms with E-state index in [2.05, 4.69) is 41.1 Å². The summed E-state index contributed by atoms with van der Waals surface area (Å²) >= 11 is 0. The number of piperazine rings is 1. The van der Waals surface area contributed by atoms with Gasteiger partial charge in [-0.25, -0.2) is 0 Å². The number of carbonyl (C=O) groups is 1. The summed E-state index contributed by atoms with van der Waals surface area (Å²) in [5, 5.41) is 3.02. The second-order valence-electron chi connectivity index (χ2n) is 7.63. The molecule has 154 valence electrons. The maximum atomic E-state index is 12.5. The third kappa shape index (κ3) is 4.65. The summed E-state index contributed by atoms with van der Waals surface area (Å²) in [6.45, 7) is 10.8. The quantitative estimate of drug-likeness (QED) is 0.843. The van der Waals surface area contributed by atoms with E-state index in [1.54, 1.807) is 0 Å². The van der Waals surface area contributed by atoms with E-state index in [0.29, 0.717) is 25.4 Å². The molecule has 0 unspecified atom stereocenters. The monoisotopic (exact) mass is 395 g/mol. The number of benzene rings is 2. The van der Waals surface area contributed by atoms with Crippen molar-refractivity contribution in [1.82, 2.24) is 4.90 Å². The molecule has 2 aliphatic heterocycles. The highest BCUT2D eigenvalue weighted by atomic mass is 16.6. The lowest BCUT2D eigenvalue weighted by molar-refractivity contribution is -0.115. The molecule has 2 aromatic rings. The van der Waals surface area contributed by atoms with Crippen LogP contribution in [-0.4, -0.2) is 56.7 Å². The normalized spacial score (nSPS) is 16.6. The highest BCUT2D eigenvalue weighted by Crippen LogP contribution is 2.31. The number of nitrogens with zero attached hydrogens (tertiary/aromatic N) is 2. The van der Waals surface area contributed by atoms with Gasteiger partial charge in [-0.2, -0.15) is 0 Å². The lowest BCUT2D eigenvalue weighted by atomic mass is 10.1. The van der Waals surface area contributed by atoms with E-state index >= 15 is 0 Å². The van der Waals surface area contributed by atoms with Gasteiger partial charge in [-0.1, -0.05) is 13.0 Å². The van der Waals surface area contributed by atoms with E-state index in [0.717, 1.165) is 49.7 Å². The molecule has 29 heavy (non-hydrogen) atoms. The zero-order chi connectivity index (χ0) is 20.2. The number of hydrogen-bond donors (Lipinski definition) is 1. The molecule has 2 aliphatic rings. The standard InChI is InChI=1S/C23H29N3O3/c1-3-25-8-10-26(11-9-25)20-6-5-19(14-17(20)2)24-23(27)16-18-4-7-21-22(15-18)29-13-12-28-21/h4-7,14-15H,3,8-13,16H2,1-2H3,(H,24,27). The topological polar surface area (TPSA) is 54.0 Å². The second kappa shape index (κ2) is 8.74. The van der Waals surface area contributed by atoms with Crippen LogP contribution < -0.4 is 19.7 Å². The Hall–Kier alpha value is -2.73. The number of aryl methyl sites for hydroxylation is 1. The fourth-order valence-electron chi connectivity index (χ4n) is 3.98. The minimum absolute atomic E-state index is 0.0367. The van der Waals surface area contributed by atoms with Crippen molar-refractivity contribution < 1.29 is 14.3 Å². The molecule has 1 fully saturated rings. The van der Waals surface area contributed by atoms with Crippen molar-refractivity contribution in [1.29, 1.82) is 0 Å². The summed E-state index contributed by atoms with van der Waals surface area (Å²) in [4.78, 5) is 17.4. The van der Waals surface area contributed by atoms with Crippen LogP contribution in [0.3, 0.4) is 0 Å². The fraction of sp³-hybridized carbons (Fsp3) is 0.435. The molecule has 2 heterocycles. The van der Waals surface area contributed by atoms with Gasteiger partial charge in [-0.05, 0) is 54.9 Å². The van der Waals surface area contributed by atoms with Crippen molar-refractivity contribution in [3.05, 3.63) is 47.5 Å². The van der Waals surface area contributed by atoms with Crippen LogP contribution in [0.25, 0.3) is 0 Å². The van der Waals surface area contributed by atoms with Gasteiger partial charge in [0, 0.05) is 37.6 Å². The Balaban J connectivity index is 1.37. The zero-order valence-electron chi connectivity index (χ0n) is 17.2. The molecule has 0 bridgehead atoms. The molecule has 0 atom stereocenters. The van der Waals surface area contributed by atoms with Crippen LogP contribution >= 0.6 is 0 Å². The van der Waals surface area contributed by atoms with E-state index in [4.69, 9.17) is 9.47 Å². The molecule has 1 amide bonds. The highest BCUT2D eigenvalue weighted by Gasteiger charge is 2.18. The predicted octanol–water partition coefficient (Wildman–Crippen LogP) is 3.09. The first kappa shape index (κ1) is 19.6. The van der Waals surface area contributed by atoms with Crippen molar-refractivity contribution in [3.63, 3.8) is 0 Å². The first-order chi connectivity index (χ1) is 14.1. The van der Waals surface area contributed by atoms with Crippen LogP contribution in [0, 0.1) is 6.92 Å². The maximum Gasteiger partial charge on any atom is 0.228 e. The smallest absolute Gasteiger partial charge is 0.228 e. The van der Waals surface area contributed by atoms with Crippen molar-refractivity contribution >= 4 is 17.3 Å². The molecule has 0 saturated carbocycles. The summed E-state index contributed by atoms with van der Waals surface area (Å²) in [5.41, 5.74) is 4.19. The Morgan fingerprint density at radius 3 is 2.48 bits per heavy atom. The molecule has 2 aromatic carbocycles. The number of anilines is 2. The molecule has 0 aromatic heterocycles. The molecule has 6 heteroatoms. The van der Waals surface area contributed by atoms with Crippen LogP contribution in [0.15, 0.2) is 36.4 Å². The van der Waals surface area contributed by atoms with Gasteiger partial charge in [0.2, 0.25) is 5.91 Å². The second-order valence-corrected chi connectivity index (χ2v) is 7.63. The third-order valence-corrected chi connectivity index (χ3v) is 5.61. The van der Waals surface area contributed by atoms with Gasteiger partial charge in [-0.15, -0.1) is 0 Å². The Morgan fingerprint density at radius 1 is 1.00 bits per heavy atom. The van der Waals surface area contributed by atoms with Gasteiger partial charge in [0.25, 0.3) is 0 Å². The van der Waals surface area contributed by atoms with Crippen LogP contribution in [0.2, 0.25) is 0 Å². The molecular weight excluding hydrogens is 366 g/mol. The Kier molecular flexibility index (Phi) is 5.90. The summed E-state index contributed by atoms with van der Waals surface area (Å²) in [6.07, 6.45) is 0.302. The van der Waals surface area contributed by atoms with Gasteiger partial charge in [-0.3, -0.25) is 4.79 Å².